The molecule has 0 saturated carbocycles. The summed E-state index contributed by atoms with van der Waals surface area (Å²) in [6, 6.07) is -1.74. The fraction of sp³-hybridized carbons (Fsp3) is 0.812. The van der Waals surface area contributed by atoms with Gasteiger partial charge < -0.3 is 20.5 Å². The van der Waals surface area contributed by atoms with Crippen LogP contribution in [0, 0.1) is 5.92 Å². The quantitative estimate of drug-likeness (QED) is 0.495. The average Bonchev–Trinajstić information content (AvgIpc) is 3.22. The maximum absolute atomic E-state index is 12.4. The molecule has 1 fully saturated rings. The van der Waals surface area contributed by atoms with Crippen LogP contribution in [0.5, 0.6) is 0 Å². The molecule has 3 atom stereocenters. The number of amides is 2. The third kappa shape index (κ3) is 5.91. The van der Waals surface area contributed by atoms with E-state index >= 15 is 0 Å². The monoisotopic (exact) mass is 328 g/mol. The van der Waals surface area contributed by atoms with Crippen LogP contribution >= 0.6 is 0 Å². The van der Waals surface area contributed by atoms with Gasteiger partial charge in [0.15, 0.2) is 5.78 Å². The van der Waals surface area contributed by atoms with Crippen LogP contribution in [0.2, 0.25) is 0 Å². The highest BCUT2D eigenvalue weighted by Crippen LogP contribution is 2.29. The Morgan fingerprint density at radius 1 is 1.22 bits per heavy atom. The molecule has 23 heavy (non-hydrogen) atoms. The summed E-state index contributed by atoms with van der Waals surface area (Å²) in [7, 11) is 0. The van der Waals surface area contributed by atoms with Gasteiger partial charge in [-0.3, -0.25) is 14.4 Å². The number of hydrogen-bond acceptors (Lipinski definition) is 5. The third-order valence-corrected chi connectivity index (χ3v) is 3.75. The number of Topliss-reactive ketones (excluding diaryl/α,β-unsaturated/α-hetero) is 1. The molecule has 7 nitrogen and oxygen atoms in total. The number of carbonyl (C=O) groups is 3. The van der Waals surface area contributed by atoms with Crippen LogP contribution in [0.3, 0.4) is 0 Å². The van der Waals surface area contributed by atoms with E-state index in [2.05, 4.69) is 10.6 Å². The van der Waals surface area contributed by atoms with Crippen molar-refractivity contribution >= 4 is 17.6 Å². The van der Waals surface area contributed by atoms with Crippen LogP contribution in [0.25, 0.3) is 0 Å². The highest BCUT2D eigenvalue weighted by Gasteiger charge is 2.50. The molecule has 0 unspecified atom stereocenters. The molecule has 1 rings (SSSR count). The molecule has 0 spiro atoms. The minimum atomic E-state index is -1.05. The Labute approximate surface area is 137 Å². The van der Waals surface area contributed by atoms with Crippen LogP contribution in [0.4, 0.5) is 0 Å². The molecule has 0 aromatic carbocycles. The standard InChI is InChI=1S/C16H28N2O5/c1-5-6-13(20)17-12(8-19)15(22)18-11(7-10(2)3)14(21)16(4)9-23-16/h10-12,19H,5-9H2,1-4H3,(H,17,20)(H,18,22)/t11-,12-,16+/m0/s1. The van der Waals surface area contributed by atoms with Crippen LogP contribution < -0.4 is 10.6 Å². The Bertz CT molecular complexity index is 446. The summed E-state index contributed by atoms with van der Waals surface area (Å²) in [5.74, 6) is -0.823. The van der Waals surface area contributed by atoms with E-state index in [-0.39, 0.29) is 24.0 Å². The van der Waals surface area contributed by atoms with E-state index in [4.69, 9.17) is 4.74 Å². The molecule has 1 saturated heterocycles. The van der Waals surface area contributed by atoms with E-state index in [0.717, 1.165) is 0 Å². The van der Waals surface area contributed by atoms with Gasteiger partial charge in [-0.25, -0.2) is 0 Å². The van der Waals surface area contributed by atoms with E-state index in [1.165, 1.54) is 0 Å². The molecule has 7 heteroatoms. The highest BCUT2D eigenvalue weighted by molar-refractivity contribution is 5.97. The van der Waals surface area contributed by atoms with Gasteiger partial charge in [0.1, 0.15) is 11.6 Å². The van der Waals surface area contributed by atoms with Gasteiger partial charge in [-0.15, -0.1) is 0 Å². The molecule has 0 bridgehead atoms. The predicted octanol–water partition coefficient (Wildman–Crippen LogP) is 0.153. The zero-order valence-corrected chi connectivity index (χ0v) is 14.3. The van der Waals surface area contributed by atoms with Crippen LogP contribution in [0.15, 0.2) is 0 Å². The van der Waals surface area contributed by atoms with Crippen LogP contribution in [-0.4, -0.2) is 53.6 Å². The summed E-state index contributed by atoms with van der Waals surface area (Å²) in [6.45, 7) is 7.29. The number of ether oxygens (including phenoxy) is 1. The van der Waals surface area contributed by atoms with Gasteiger partial charge in [0.05, 0.1) is 19.3 Å². The smallest absolute Gasteiger partial charge is 0.245 e. The lowest BCUT2D eigenvalue weighted by atomic mass is 9.93. The summed E-state index contributed by atoms with van der Waals surface area (Å²) < 4.78 is 5.17. The fourth-order valence-electron chi connectivity index (χ4n) is 2.28. The zero-order chi connectivity index (χ0) is 17.6. The van der Waals surface area contributed by atoms with Gasteiger partial charge in [0.25, 0.3) is 0 Å². The number of hydrogen-bond donors (Lipinski definition) is 3. The number of aliphatic hydroxyl groups excluding tert-OH is 1. The molecular formula is C16H28N2O5. The maximum atomic E-state index is 12.4. The number of aliphatic hydroxyl groups is 1. The van der Waals surface area contributed by atoms with Gasteiger partial charge >= 0.3 is 0 Å². The summed E-state index contributed by atoms with van der Waals surface area (Å²) in [4.78, 5) is 36.3. The van der Waals surface area contributed by atoms with E-state index in [0.29, 0.717) is 19.4 Å². The Kier molecular flexibility index (Phi) is 7.15. The minimum absolute atomic E-state index is 0.170. The van der Waals surface area contributed by atoms with Crippen molar-refractivity contribution < 1.29 is 24.2 Å². The largest absolute Gasteiger partial charge is 0.394 e. The normalized spacial score (nSPS) is 22.3. The van der Waals surface area contributed by atoms with Gasteiger partial charge in [0.2, 0.25) is 11.8 Å². The molecule has 0 radical (unpaired) electrons. The number of carbonyl (C=O) groups excluding carboxylic acids is 3. The molecule has 1 aliphatic heterocycles. The Balaban J connectivity index is 2.70. The SMILES string of the molecule is CCCC(=O)N[C@@H](CO)C(=O)N[C@@H](CC(C)C)C(=O)[C@@]1(C)CO1. The first-order valence-electron chi connectivity index (χ1n) is 8.12. The summed E-state index contributed by atoms with van der Waals surface area (Å²) in [5.41, 5.74) is -0.826. The number of ketones is 1. The second-order valence-corrected chi connectivity index (χ2v) is 6.63. The predicted molar refractivity (Wildman–Crippen MR) is 84.7 cm³/mol. The summed E-state index contributed by atoms with van der Waals surface area (Å²) in [5, 5.41) is 14.5. The minimum Gasteiger partial charge on any atom is -0.394 e. The third-order valence-electron chi connectivity index (χ3n) is 3.75. The van der Waals surface area contributed by atoms with Crippen molar-refractivity contribution in [2.75, 3.05) is 13.2 Å². The second kappa shape index (κ2) is 8.40. The Morgan fingerprint density at radius 2 is 1.83 bits per heavy atom. The summed E-state index contributed by atoms with van der Waals surface area (Å²) in [6.07, 6.45) is 1.41. The highest BCUT2D eigenvalue weighted by atomic mass is 16.6. The van der Waals surface area contributed by atoms with Crippen molar-refractivity contribution in [1.29, 1.82) is 0 Å². The molecule has 2 amide bonds. The lowest BCUT2D eigenvalue weighted by molar-refractivity contribution is -0.134. The molecule has 0 aromatic heterocycles. The van der Waals surface area contributed by atoms with Crippen molar-refractivity contribution in [2.24, 2.45) is 5.92 Å². The molecule has 3 N–H and O–H groups in total. The fourth-order valence-corrected chi connectivity index (χ4v) is 2.28. The summed E-state index contributed by atoms with van der Waals surface area (Å²) >= 11 is 0. The average molecular weight is 328 g/mol. The first kappa shape index (κ1) is 19.6. The van der Waals surface area contributed by atoms with Crippen LogP contribution in [-0.2, 0) is 19.1 Å². The Hall–Kier alpha value is -1.47. The van der Waals surface area contributed by atoms with Crippen molar-refractivity contribution in [3.05, 3.63) is 0 Å². The van der Waals surface area contributed by atoms with E-state index in [1.54, 1.807) is 6.92 Å². The van der Waals surface area contributed by atoms with E-state index in [9.17, 15) is 19.5 Å². The first-order valence-corrected chi connectivity index (χ1v) is 8.12. The van der Waals surface area contributed by atoms with Gasteiger partial charge in [-0.2, -0.15) is 0 Å². The second-order valence-electron chi connectivity index (χ2n) is 6.63. The lowest BCUT2D eigenvalue weighted by Crippen LogP contribution is -2.55. The van der Waals surface area contributed by atoms with E-state index < -0.39 is 30.2 Å². The van der Waals surface area contributed by atoms with Crippen molar-refractivity contribution in [3.63, 3.8) is 0 Å². The van der Waals surface area contributed by atoms with Gasteiger partial charge in [0, 0.05) is 6.42 Å². The van der Waals surface area contributed by atoms with Crippen molar-refractivity contribution in [1.82, 2.24) is 10.6 Å². The lowest BCUT2D eigenvalue weighted by Gasteiger charge is -2.24. The van der Waals surface area contributed by atoms with Gasteiger partial charge in [-0.1, -0.05) is 20.8 Å². The van der Waals surface area contributed by atoms with Crippen LogP contribution in [0.1, 0.15) is 47.0 Å². The molecule has 1 heterocycles. The Morgan fingerprint density at radius 3 is 2.26 bits per heavy atom. The maximum Gasteiger partial charge on any atom is 0.245 e. The molecular weight excluding hydrogens is 300 g/mol. The molecule has 1 aliphatic rings. The topological polar surface area (TPSA) is 108 Å². The number of nitrogens with one attached hydrogen (secondary N) is 2. The van der Waals surface area contributed by atoms with E-state index in [1.807, 2.05) is 20.8 Å². The number of epoxide rings is 1. The molecule has 0 aliphatic carbocycles. The van der Waals surface area contributed by atoms with Gasteiger partial charge in [-0.05, 0) is 25.7 Å². The zero-order valence-electron chi connectivity index (χ0n) is 14.3. The number of rotatable bonds is 10. The molecule has 132 valence electrons. The van der Waals surface area contributed by atoms with Crippen molar-refractivity contribution in [3.8, 4) is 0 Å². The molecule has 0 aromatic rings. The first-order chi connectivity index (χ1) is 10.7. The van der Waals surface area contributed by atoms with Crippen molar-refractivity contribution in [2.45, 2.75) is 64.6 Å².